The highest BCUT2D eigenvalue weighted by atomic mass is 32.2. The summed E-state index contributed by atoms with van der Waals surface area (Å²) in [5, 5.41) is 4.06. The number of hydrogen-bond donors (Lipinski definition) is 1. The van der Waals surface area contributed by atoms with E-state index >= 15 is 0 Å². The van der Waals surface area contributed by atoms with E-state index in [0.29, 0.717) is 11.6 Å². The summed E-state index contributed by atoms with van der Waals surface area (Å²) in [6.45, 7) is 0.320. The molecule has 0 saturated carbocycles. The summed E-state index contributed by atoms with van der Waals surface area (Å²) < 4.78 is 79.2. The van der Waals surface area contributed by atoms with E-state index in [1.165, 1.54) is 19.2 Å². The van der Waals surface area contributed by atoms with E-state index in [-0.39, 0.29) is 42.5 Å². The molecule has 4 rings (SSSR count). The summed E-state index contributed by atoms with van der Waals surface area (Å²) in [4.78, 5) is 15.9. The largest absolute Gasteiger partial charge is 0.492 e. The molecule has 0 fully saturated rings. The van der Waals surface area contributed by atoms with Crippen molar-refractivity contribution in [3.63, 3.8) is 0 Å². The van der Waals surface area contributed by atoms with Crippen LogP contribution in [-0.4, -0.2) is 42.8 Å². The first-order chi connectivity index (χ1) is 15.6. The molecule has 0 unspecified atom stereocenters. The van der Waals surface area contributed by atoms with Crippen LogP contribution in [0.5, 0.6) is 11.6 Å². The van der Waals surface area contributed by atoms with Crippen molar-refractivity contribution < 1.29 is 35.9 Å². The van der Waals surface area contributed by atoms with Crippen LogP contribution >= 0.6 is 0 Å². The molecule has 1 N–H and O–H groups in total. The summed E-state index contributed by atoms with van der Waals surface area (Å²) in [5.74, 6) is -1.27. The molecular formula is C20H17F3N4O5S. The average molecular weight is 482 g/mol. The summed E-state index contributed by atoms with van der Waals surface area (Å²) in [6, 6.07) is 5.80. The molecule has 3 aromatic rings. The number of amides is 1. The molecule has 1 aromatic carbocycles. The van der Waals surface area contributed by atoms with Crippen molar-refractivity contribution in [1.29, 1.82) is 0 Å². The van der Waals surface area contributed by atoms with Crippen molar-refractivity contribution >= 4 is 15.9 Å². The van der Waals surface area contributed by atoms with E-state index in [2.05, 4.69) is 10.1 Å². The monoisotopic (exact) mass is 482 g/mol. The van der Waals surface area contributed by atoms with Crippen molar-refractivity contribution in [3.05, 3.63) is 65.1 Å². The molecule has 0 bridgehead atoms. The molecule has 0 radical (unpaired) electrons. The van der Waals surface area contributed by atoms with Crippen molar-refractivity contribution in [1.82, 2.24) is 19.5 Å². The lowest BCUT2D eigenvalue weighted by Gasteiger charge is -2.14. The number of halogens is 3. The summed E-state index contributed by atoms with van der Waals surface area (Å²) in [5.41, 5.74) is -0.781. The Morgan fingerprint density at radius 2 is 2.09 bits per heavy atom. The Morgan fingerprint density at radius 3 is 2.76 bits per heavy atom. The van der Waals surface area contributed by atoms with Gasteiger partial charge in [0.1, 0.15) is 16.3 Å². The summed E-state index contributed by atoms with van der Waals surface area (Å²) in [6.07, 6.45) is -1.36. The first-order valence-electron chi connectivity index (χ1n) is 9.54. The number of sulfonamides is 1. The molecule has 2 aromatic heterocycles. The first kappa shape index (κ1) is 22.6. The molecule has 1 aliphatic heterocycles. The van der Waals surface area contributed by atoms with Gasteiger partial charge in [0.2, 0.25) is 5.88 Å². The fraction of sp³-hybridized carbons (Fsp3) is 0.250. The van der Waals surface area contributed by atoms with Crippen LogP contribution in [0.2, 0.25) is 0 Å². The number of methoxy groups -OCH3 is 1. The summed E-state index contributed by atoms with van der Waals surface area (Å²) in [7, 11) is -3.38. The minimum Gasteiger partial charge on any atom is -0.492 e. The lowest BCUT2D eigenvalue weighted by atomic mass is 10.1. The number of carbonyl (C=O) groups excluding carboxylic acids is 1. The van der Waals surface area contributed by atoms with Crippen LogP contribution in [0.4, 0.5) is 13.2 Å². The van der Waals surface area contributed by atoms with Crippen LogP contribution in [0.25, 0.3) is 0 Å². The Bertz CT molecular complexity index is 1310. The number of fused-ring (bicyclic) bond motifs is 1. The summed E-state index contributed by atoms with van der Waals surface area (Å²) >= 11 is 0. The second-order valence-electron chi connectivity index (χ2n) is 7.06. The number of nitrogens with zero attached hydrogens (tertiary/aromatic N) is 3. The zero-order chi connectivity index (χ0) is 23.8. The third kappa shape index (κ3) is 4.62. The number of carbonyl (C=O) groups is 1. The molecule has 1 aliphatic rings. The van der Waals surface area contributed by atoms with Gasteiger partial charge in [-0.3, -0.25) is 9.48 Å². The molecule has 0 spiro atoms. The molecule has 9 nitrogen and oxygen atoms in total. The van der Waals surface area contributed by atoms with Gasteiger partial charge in [0.05, 0.1) is 25.8 Å². The van der Waals surface area contributed by atoms with E-state index in [1.54, 1.807) is 27.9 Å². The van der Waals surface area contributed by atoms with Gasteiger partial charge in [-0.2, -0.15) is 18.3 Å². The van der Waals surface area contributed by atoms with Gasteiger partial charge in [0.15, 0.2) is 0 Å². The van der Waals surface area contributed by atoms with Crippen LogP contribution in [0.3, 0.4) is 0 Å². The predicted octanol–water partition coefficient (Wildman–Crippen LogP) is 2.41. The molecule has 13 heteroatoms. The lowest BCUT2D eigenvalue weighted by Crippen LogP contribution is -2.32. The SMILES string of the molecule is COc1nc(C(=O)NS(=O)(=O)c2cc(C(F)(F)F)cc3c2OCC3)ccc1Cn1cccn1. The maximum atomic E-state index is 13.3. The van der Waals surface area contributed by atoms with E-state index in [0.717, 1.165) is 6.07 Å². The van der Waals surface area contributed by atoms with Gasteiger partial charge in [-0.25, -0.2) is 18.1 Å². The van der Waals surface area contributed by atoms with Crippen molar-refractivity contribution in [3.8, 4) is 11.6 Å². The Balaban J connectivity index is 1.63. The molecule has 1 amide bonds. The standard InChI is InChI=1S/C20H17F3N4O5S/c1-31-19-13(11-27-7-2-6-24-27)3-4-15(25-19)18(28)26-33(29,30)16-10-14(20(21,22)23)9-12-5-8-32-17(12)16/h2-4,6-7,9-10H,5,8,11H2,1H3,(H,26,28). The Kier molecular flexibility index (Phi) is 5.74. The zero-order valence-corrected chi connectivity index (χ0v) is 17.9. The number of aromatic nitrogens is 3. The van der Waals surface area contributed by atoms with Gasteiger partial charge in [0, 0.05) is 24.4 Å². The molecule has 0 saturated heterocycles. The van der Waals surface area contributed by atoms with Crippen LogP contribution in [0.1, 0.15) is 27.2 Å². The number of hydrogen-bond acceptors (Lipinski definition) is 7. The second-order valence-corrected chi connectivity index (χ2v) is 8.71. The molecular weight excluding hydrogens is 465 g/mol. The van der Waals surface area contributed by atoms with Crippen LogP contribution < -0.4 is 14.2 Å². The van der Waals surface area contributed by atoms with Gasteiger partial charge in [0.25, 0.3) is 15.9 Å². The van der Waals surface area contributed by atoms with E-state index in [9.17, 15) is 26.4 Å². The number of pyridine rings is 1. The number of alkyl halides is 3. The maximum absolute atomic E-state index is 13.3. The highest BCUT2D eigenvalue weighted by Crippen LogP contribution is 2.39. The van der Waals surface area contributed by atoms with Crippen LogP contribution in [-0.2, 0) is 29.2 Å². The van der Waals surface area contributed by atoms with Crippen LogP contribution in [0.15, 0.2) is 47.6 Å². The minimum absolute atomic E-state index is 0.0313. The maximum Gasteiger partial charge on any atom is 0.416 e. The number of benzene rings is 1. The highest BCUT2D eigenvalue weighted by Gasteiger charge is 2.36. The molecule has 0 aliphatic carbocycles. The number of rotatable bonds is 6. The van der Waals surface area contributed by atoms with E-state index < -0.39 is 32.6 Å². The average Bonchev–Trinajstić information content (AvgIpc) is 3.43. The number of ether oxygens (including phenoxy) is 2. The van der Waals surface area contributed by atoms with Crippen molar-refractivity contribution in [2.24, 2.45) is 0 Å². The Hall–Kier alpha value is -3.61. The third-order valence-corrected chi connectivity index (χ3v) is 6.19. The minimum atomic E-state index is -4.77. The zero-order valence-electron chi connectivity index (χ0n) is 17.1. The first-order valence-corrected chi connectivity index (χ1v) is 11.0. The van der Waals surface area contributed by atoms with Crippen LogP contribution in [0, 0.1) is 0 Å². The predicted molar refractivity (Wildman–Crippen MR) is 107 cm³/mol. The fourth-order valence-electron chi connectivity index (χ4n) is 3.33. The number of nitrogens with one attached hydrogen (secondary N) is 1. The van der Waals surface area contributed by atoms with Gasteiger partial charge in [-0.15, -0.1) is 0 Å². The van der Waals surface area contributed by atoms with E-state index in [4.69, 9.17) is 9.47 Å². The van der Waals surface area contributed by atoms with Gasteiger partial charge in [-0.1, -0.05) is 0 Å². The highest BCUT2D eigenvalue weighted by molar-refractivity contribution is 7.90. The normalized spacial score (nSPS) is 13.3. The quantitative estimate of drug-likeness (QED) is 0.574. The molecule has 3 heterocycles. The van der Waals surface area contributed by atoms with Crippen molar-refractivity contribution in [2.45, 2.75) is 24.0 Å². The fourth-order valence-corrected chi connectivity index (χ4v) is 4.50. The lowest BCUT2D eigenvalue weighted by molar-refractivity contribution is -0.137. The molecule has 33 heavy (non-hydrogen) atoms. The van der Waals surface area contributed by atoms with Gasteiger partial charge < -0.3 is 9.47 Å². The smallest absolute Gasteiger partial charge is 0.416 e. The molecule has 174 valence electrons. The van der Waals surface area contributed by atoms with Crippen molar-refractivity contribution in [2.75, 3.05) is 13.7 Å². The molecule has 0 atom stereocenters. The Labute approximate surface area is 186 Å². The Morgan fingerprint density at radius 1 is 1.30 bits per heavy atom. The second kappa shape index (κ2) is 8.39. The van der Waals surface area contributed by atoms with E-state index in [1.807, 2.05) is 0 Å². The third-order valence-electron chi connectivity index (χ3n) is 4.85. The van der Waals surface area contributed by atoms with Gasteiger partial charge in [-0.05, 0) is 35.9 Å². The van der Waals surface area contributed by atoms with Gasteiger partial charge >= 0.3 is 6.18 Å². The topological polar surface area (TPSA) is 112 Å².